The summed E-state index contributed by atoms with van der Waals surface area (Å²) < 4.78 is 43.7. The summed E-state index contributed by atoms with van der Waals surface area (Å²) in [6.45, 7) is 4.70. The van der Waals surface area contributed by atoms with Gasteiger partial charge in [0.2, 0.25) is 5.91 Å². The van der Waals surface area contributed by atoms with Gasteiger partial charge >= 0.3 is 12.1 Å². The fraction of sp³-hybridized carbons (Fsp3) is 0.600. The van der Waals surface area contributed by atoms with E-state index in [9.17, 15) is 22.8 Å². The van der Waals surface area contributed by atoms with Crippen molar-refractivity contribution in [2.24, 2.45) is 5.92 Å². The number of piperidine rings is 1. The van der Waals surface area contributed by atoms with Crippen LogP contribution in [0.25, 0.3) is 0 Å². The highest BCUT2D eigenvalue weighted by molar-refractivity contribution is 5.83. The van der Waals surface area contributed by atoms with E-state index in [1.807, 2.05) is 38.1 Å². The average Bonchev–Trinajstić information content (AvgIpc) is 2.66. The maximum Gasteiger partial charge on any atom is 0.471 e. The van der Waals surface area contributed by atoms with E-state index >= 15 is 0 Å². The Balaban J connectivity index is 1.61. The van der Waals surface area contributed by atoms with E-state index in [1.54, 1.807) is 4.90 Å². The lowest BCUT2D eigenvalue weighted by atomic mass is 9.94. The molecule has 0 spiro atoms. The van der Waals surface area contributed by atoms with Crippen molar-refractivity contribution in [1.29, 1.82) is 0 Å². The zero-order valence-electron chi connectivity index (χ0n) is 16.0. The van der Waals surface area contributed by atoms with E-state index in [0.717, 1.165) is 16.0 Å². The van der Waals surface area contributed by atoms with E-state index in [4.69, 9.17) is 4.74 Å². The molecule has 2 saturated heterocycles. The molecule has 0 radical (unpaired) electrons. The van der Waals surface area contributed by atoms with Crippen molar-refractivity contribution in [3.8, 4) is 0 Å². The number of benzene rings is 1. The Hall–Kier alpha value is -2.09. The predicted molar refractivity (Wildman–Crippen MR) is 96.4 cm³/mol. The molecule has 8 heteroatoms. The molecule has 2 amide bonds. The number of rotatable bonds is 2. The first-order chi connectivity index (χ1) is 13.1. The maximum absolute atomic E-state index is 12.9. The number of halogens is 3. The summed E-state index contributed by atoms with van der Waals surface area (Å²) >= 11 is 0. The third kappa shape index (κ3) is 4.66. The van der Waals surface area contributed by atoms with Gasteiger partial charge in [-0.05, 0) is 32.3 Å². The van der Waals surface area contributed by atoms with Crippen LogP contribution in [0.1, 0.15) is 37.0 Å². The molecule has 2 unspecified atom stereocenters. The van der Waals surface area contributed by atoms with Crippen molar-refractivity contribution < 1.29 is 27.5 Å². The molecule has 0 N–H and O–H groups in total. The van der Waals surface area contributed by atoms with Crippen molar-refractivity contribution in [2.45, 2.75) is 45.1 Å². The Morgan fingerprint density at radius 2 is 1.64 bits per heavy atom. The molecule has 0 saturated carbocycles. The van der Waals surface area contributed by atoms with Crippen molar-refractivity contribution >= 4 is 11.8 Å². The lowest BCUT2D eigenvalue weighted by Gasteiger charge is -2.40. The first-order valence-electron chi connectivity index (χ1n) is 9.52. The number of hydrogen-bond acceptors (Lipinski definition) is 3. The third-order valence-electron chi connectivity index (χ3n) is 5.40. The number of carbonyl (C=O) groups is 2. The maximum atomic E-state index is 12.9. The SMILES string of the molecule is Cc1ccc(C2CN(C(=O)C3CCN(C(=O)C(F)(F)F)CC3)CC(C)O2)cc1. The van der Waals surface area contributed by atoms with Crippen LogP contribution in [-0.4, -0.2) is 60.1 Å². The van der Waals surface area contributed by atoms with E-state index in [0.29, 0.717) is 13.1 Å². The van der Waals surface area contributed by atoms with Crippen LogP contribution >= 0.6 is 0 Å². The van der Waals surface area contributed by atoms with Gasteiger partial charge in [0.05, 0.1) is 12.6 Å². The molecule has 2 fully saturated rings. The molecule has 0 aliphatic carbocycles. The van der Waals surface area contributed by atoms with Gasteiger partial charge in [-0.1, -0.05) is 29.8 Å². The van der Waals surface area contributed by atoms with Gasteiger partial charge in [-0.25, -0.2) is 0 Å². The second-order valence-corrected chi connectivity index (χ2v) is 7.65. The fourth-order valence-corrected chi connectivity index (χ4v) is 3.86. The Bertz CT molecular complexity index is 712. The Morgan fingerprint density at radius 1 is 1.04 bits per heavy atom. The van der Waals surface area contributed by atoms with Crippen LogP contribution in [0.5, 0.6) is 0 Å². The number of amides is 2. The molecule has 2 aliphatic rings. The van der Waals surface area contributed by atoms with Crippen LogP contribution < -0.4 is 0 Å². The lowest BCUT2D eigenvalue weighted by molar-refractivity contribution is -0.187. The second-order valence-electron chi connectivity index (χ2n) is 7.65. The molecule has 154 valence electrons. The van der Waals surface area contributed by atoms with Crippen LogP contribution in [0.2, 0.25) is 0 Å². The number of carbonyl (C=O) groups excluding carboxylic acids is 2. The van der Waals surface area contributed by atoms with Crippen LogP contribution in [0, 0.1) is 12.8 Å². The topological polar surface area (TPSA) is 49.9 Å². The van der Waals surface area contributed by atoms with E-state index < -0.39 is 12.1 Å². The van der Waals surface area contributed by atoms with Gasteiger partial charge < -0.3 is 14.5 Å². The molecule has 28 heavy (non-hydrogen) atoms. The monoisotopic (exact) mass is 398 g/mol. The van der Waals surface area contributed by atoms with Gasteiger partial charge in [-0.3, -0.25) is 9.59 Å². The quantitative estimate of drug-likeness (QED) is 0.769. The number of morpholine rings is 1. The van der Waals surface area contributed by atoms with Crippen molar-refractivity contribution in [1.82, 2.24) is 9.80 Å². The highest BCUT2D eigenvalue weighted by Crippen LogP contribution is 2.29. The van der Waals surface area contributed by atoms with Gasteiger partial charge in [-0.15, -0.1) is 0 Å². The normalized spacial score (nSPS) is 24.3. The van der Waals surface area contributed by atoms with Crippen molar-refractivity contribution in [3.63, 3.8) is 0 Å². The summed E-state index contributed by atoms with van der Waals surface area (Å²) in [5, 5.41) is 0. The number of nitrogens with zero attached hydrogens (tertiary/aromatic N) is 2. The zero-order valence-corrected chi connectivity index (χ0v) is 16.0. The summed E-state index contributed by atoms with van der Waals surface area (Å²) in [5.41, 5.74) is 2.14. The third-order valence-corrected chi connectivity index (χ3v) is 5.40. The smallest absolute Gasteiger partial charge is 0.367 e. The molecule has 3 rings (SSSR count). The Morgan fingerprint density at radius 3 is 2.21 bits per heavy atom. The van der Waals surface area contributed by atoms with E-state index in [-0.39, 0.29) is 50.0 Å². The molecule has 5 nitrogen and oxygen atoms in total. The Labute approximate surface area is 162 Å². The van der Waals surface area contributed by atoms with E-state index in [2.05, 4.69) is 0 Å². The Kier molecular flexibility index (Phi) is 5.98. The summed E-state index contributed by atoms with van der Waals surface area (Å²) in [5.74, 6) is -2.24. The highest BCUT2D eigenvalue weighted by Gasteiger charge is 2.44. The number of likely N-dealkylation sites (tertiary alicyclic amines) is 1. The van der Waals surface area contributed by atoms with Gasteiger partial charge in [0.1, 0.15) is 6.10 Å². The number of aryl methyl sites for hydroxylation is 1. The molecule has 0 aromatic heterocycles. The average molecular weight is 398 g/mol. The van der Waals surface area contributed by atoms with Gasteiger partial charge in [0, 0.05) is 25.6 Å². The fourth-order valence-electron chi connectivity index (χ4n) is 3.86. The lowest BCUT2D eigenvalue weighted by Crippen LogP contribution is -2.51. The second kappa shape index (κ2) is 8.11. The van der Waals surface area contributed by atoms with Gasteiger partial charge in [0.25, 0.3) is 0 Å². The van der Waals surface area contributed by atoms with Crippen molar-refractivity contribution in [2.75, 3.05) is 26.2 Å². The summed E-state index contributed by atoms with van der Waals surface area (Å²) in [7, 11) is 0. The first kappa shape index (κ1) is 20.6. The van der Waals surface area contributed by atoms with Gasteiger partial charge in [0.15, 0.2) is 0 Å². The standard InChI is InChI=1S/C20H25F3N2O3/c1-13-3-5-15(6-4-13)17-12-25(11-14(2)28-17)18(26)16-7-9-24(10-8-16)19(27)20(21,22)23/h3-6,14,16-17H,7-12H2,1-2H3. The van der Waals surface area contributed by atoms with Gasteiger partial charge in [-0.2, -0.15) is 13.2 Å². The van der Waals surface area contributed by atoms with Crippen LogP contribution in [0.3, 0.4) is 0 Å². The summed E-state index contributed by atoms with van der Waals surface area (Å²) in [4.78, 5) is 26.8. The molecule has 2 heterocycles. The predicted octanol–water partition coefficient (Wildman–Crippen LogP) is 3.08. The number of hydrogen-bond donors (Lipinski definition) is 0. The molecule has 2 atom stereocenters. The summed E-state index contributed by atoms with van der Waals surface area (Å²) in [6, 6.07) is 7.97. The van der Waals surface area contributed by atoms with E-state index in [1.165, 1.54) is 0 Å². The summed E-state index contributed by atoms with van der Waals surface area (Å²) in [6.07, 6.45) is -4.71. The highest BCUT2D eigenvalue weighted by atomic mass is 19.4. The van der Waals surface area contributed by atoms with Crippen LogP contribution in [0.4, 0.5) is 13.2 Å². The molecule has 2 aliphatic heterocycles. The molecule has 1 aromatic carbocycles. The molecular weight excluding hydrogens is 373 g/mol. The minimum atomic E-state index is -4.86. The molecular formula is C20H25F3N2O3. The molecule has 0 bridgehead atoms. The minimum Gasteiger partial charge on any atom is -0.367 e. The minimum absolute atomic E-state index is 0.0456. The van der Waals surface area contributed by atoms with Crippen LogP contribution in [-0.2, 0) is 14.3 Å². The first-order valence-corrected chi connectivity index (χ1v) is 9.52. The number of alkyl halides is 3. The van der Waals surface area contributed by atoms with Crippen molar-refractivity contribution in [3.05, 3.63) is 35.4 Å². The zero-order chi connectivity index (χ0) is 20.5. The van der Waals surface area contributed by atoms with Crippen LogP contribution in [0.15, 0.2) is 24.3 Å². The largest absolute Gasteiger partial charge is 0.471 e. The number of ether oxygens (including phenoxy) is 1. The molecule has 1 aromatic rings.